The fraction of sp³-hybridized carbons (Fsp3) is 0.214. The van der Waals surface area contributed by atoms with Crippen molar-refractivity contribution in [2.75, 3.05) is 10.2 Å². The van der Waals surface area contributed by atoms with Crippen LogP contribution < -0.4 is 15.1 Å². The topological polar surface area (TPSA) is 88.5 Å². The van der Waals surface area contributed by atoms with E-state index in [9.17, 15) is 19.2 Å². The summed E-state index contributed by atoms with van der Waals surface area (Å²) in [5.74, 6) is -1.54. The number of thiazole rings is 1. The number of rotatable bonds is 4. The number of aromatic nitrogens is 1. The Balaban J connectivity index is 1.32. The molecule has 2 aliphatic rings. The Labute approximate surface area is 235 Å². The van der Waals surface area contributed by atoms with Crippen LogP contribution in [0.4, 0.5) is 11.4 Å². The van der Waals surface area contributed by atoms with Gasteiger partial charge in [0.1, 0.15) is 11.8 Å². The quantitative estimate of drug-likeness (QED) is 0.314. The van der Waals surface area contributed by atoms with Crippen molar-refractivity contribution in [3.63, 3.8) is 0 Å². The van der Waals surface area contributed by atoms with E-state index >= 15 is 0 Å². The SMILES string of the molecule is CC1(C)c2sc(=O)n(CC(=O)Nc3cccc4ccccc34)c2S[C@@H]2C(=O)N(c3ccc(Br)cc3)C(=O)[C@@H]21. The Morgan fingerprint density at radius 1 is 0.974 bits per heavy atom. The van der Waals surface area contributed by atoms with Gasteiger partial charge in [0, 0.05) is 25.8 Å². The van der Waals surface area contributed by atoms with Gasteiger partial charge in [-0.05, 0) is 35.7 Å². The predicted octanol–water partition coefficient (Wildman–Crippen LogP) is 5.41. The normalized spacial score (nSPS) is 19.9. The molecule has 0 saturated carbocycles. The van der Waals surface area contributed by atoms with Gasteiger partial charge in [0.05, 0.1) is 16.6 Å². The molecule has 4 aromatic rings. The second-order valence-electron chi connectivity index (χ2n) is 9.89. The van der Waals surface area contributed by atoms with E-state index in [1.807, 2.05) is 56.3 Å². The Hall–Kier alpha value is -3.21. The number of imide groups is 1. The third-order valence-electron chi connectivity index (χ3n) is 7.15. The molecular formula is C28H22BrN3O4S2. The maximum atomic E-state index is 13.6. The summed E-state index contributed by atoms with van der Waals surface area (Å²) in [6.45, 7) is 3.61. The monoisotopic (exact) mass is 607 g/mol. The van der Waals surface area contributed by atoms with Crippen LogP contribution in [-0.2, 0) is 26.3 Å². The van der Waals surface area contributed by atoms with Gasteiger partial charge in [-0.3, -0.25) is 23.7 Å². The van der Waals surface area contributed by atoms with Crippen LogP contribution in [0.2, 0.25) is 0 Å². The summed E-state index contributed by atoms with van der Waals surface area (Å²) in [5.41, 5.74) is 0.424. The number of carbonyl (C=O) groups is 3. The lowest BCUT2D eigenvalue weighted by atomic mass is 9.76. The second kappa shape index (κ2) is 9.21. The van der Waals surface area contributed by atoms with Gasteiger partial charge in [0.2, 0.25) is 17.7 Å². The van der Waals surface area contributed by atoms with Crippen LogP contribution >= 0.6 is 39.0 Å². The van der Waals surface area contributed by atoms with Crippen LogP contribution in [-0.4, -0.2) is 27.5 Å². The molecule has 2 atom stereocenters. The molecule has 0 bridgehead atoms. The lowest BCUT2D eigenvalue weighted by molar-refractivity contribution is -0.123. The Morgan fingerprint density at radius 2 is 1.68 bits per heavy atom. The molecule has 3 aromatic carbocycles. The van der Waals surface area contributed by atoms with Crippen molar-refractivity contribution in [2.24, 2.45) is 5.92 Å². The molecule has 192 valence electrons. The summed E-state index contributed by atoms with van der Waals surface area (Å²) in [6, 6.07) is 20.5. The maximum Gasteiger partial charge on any atom is 0.308 e. The Kier molecular flexibility index (Phi) is 6.08. The van der Waals surface area contributed by atoms with E-state index in [2.05, 4.69) is 21.2 Å². The molecule has 3 heterocycles. The molecule has 1 saturated heterocycles. The molecule has 0 aliphatic carbocycles. The maximum absolute atomic E-state index is 13.6. The molecule has 0 unspecified atom stereocenters. The van der Waals surface area contributed by atoms with Crippen molar-refractivity contribution in [3.8, 4) is 0 Å². The van der Waals surface area contributed by atoms with Crippen LogP contribution in [0.1, 0.15) is 18.7 Å². The number of nitrogens with zero attached hydrogens (tertiary/aromatic N) is 2. The number of benzene rings is 3. The van der Waals surface area contributed by atoms with Crippen LogP contribution in [0, 0.1) is 5.92 Å². The molecule has 0 spiro atoms. The molecule has 0 radical (unpaired) electrons. The van der Waals surface area contributed by atoms with E-state index < -0.39 is 16.6 Å². The molecule has 38 heavy (non-hydrogen) atoms. The van der Waals surface area contributed by atoms with Crippen LogP contribution in [0.5, 0.6) is 0 Å². The van der Waals surface area contributed by atoms with Crippen molar-refractivity contribution >= 4 is 78.9 Å². The number of carbonyl (C=O) groups excluding carboxylic acids is 3. The molecule has 3 amide bonds. The third-order valence-corrected chi connectivity index (χ3v) is 10.5. The predicted molar refractivity (Wildman–Crippen MR) is 154 cm³/mol. The minimum Gasteiger partial charge on any atom is -0.324 e. The molecular weight excluding hydrogens is 586 g/mol. The van der Waals surface area contributed by atoms with E-state index in [4.69, 9.17) is 0 Å². The summed E-state index contributed by atoms with van der Waals surface area (Å²) in [6.07, 6.45) is 0. The fourth-order valence-corrected chi connectivity index (χ4v) is 8.58. The highest BCUT2D eigenvalue weighted by Crippen LogP contribution is 2.54. The number of halogens is 1. The van der Waals surface area contributed by atoms with Crippen molar-refractivity contribution < 1.29 is 14.4 Å². The van der Waals surface area contributed by atoms with Crippen LogP contribution in [0.3, 0.4) is 0 Å². The van der Waals surface area contributed by atoms with E-state index in [-0.39, 0.29) is 29.1 Å². The van der Waals surface area contributed by atoms with E-state index in [1.165, 1.54) is 21.2 Å². The van der Waals surface area contributed by atoms with Gasteiger partial charge >= 0.3 is 4.87 Å². The van der Waals surface area contributed by atoms with Gasteiger partial charge in [0.25, 0.3) is 0 Å². The summed E-state index contributed by atoms with van der Waals surface area (Å²) in [7, 11) is 0. The number of fused-ring (bicyclic) bond motifs is 3. The molecule has 7 nitrogen and oxygen atoms in total. The van der Waals surface area contributed by atoms with Gasteiger partial charge in [-0.2, -0.15) is 0 Å². The summed E-state index contributed by atoms with van der Waals surface area (Å²) in [5, 5.41) is 4.74. The number of anilines is 2. The Morgan fingerprint density at radius 3 is 2.45 bits per heavy atom. The molecule has 1 aromatic heterocycles. The molecule has 2 aliphatic heterocycles. The van der Waals surface area contributed by atoms with Gasteiger partial charge < -0.3 is 5.32 Å². The number of hydrogen-bond acceptors (Lipinski definition) is 6. The first-order valence-electron chi connectivity index (χ1n) is 12.0. The average Bonchev–Trinajstić information content (AvgIpc) is 3.34. The highest BCUT2D eigenvalue weighted by atomic mass is 79.9. The largest absolute Gasteiger partial charge is 0.324 e. The van der Waals surface area contributed by atoms with Crippen molar-refractivity contribution in [2.45, 2.75) is 36.1 Å². The van der Waals surface area contributed by atoms with Crippen LogP contribution in [0.25, 0.3) is 10.8 Å². The molecule has 6 rings (SSSR count). The minimum atomic E-state index is -0.761. The zero-order valence-electron chi connectivity index (χ0n) is 20.4. The molecule has 1 N–H and O–H groups in total. The van der Waals surface area contributed by atoms with E-state index in [0.29, 0.717) is 16.4 Å². The summed E-state index contributed by atoms with van der Waals surface area (Å²) >= 11 is 5.65. The van der Waals surface area contributed by atoms with Gasteiger partial charge in [-0.25, -0.2) is 4.90 Å². The smallest absolute Gasteiger partial charge is 0.308 e. The zero-order chi connectivity index (χ0) is 26.8. The lowest BCUT2D eigenvalue weighted by Gasteiger charge is -2.36. The summed E-state index contributed by atoms with van der Waals surface area (Å²) in [4.78, 5) is 55.0. The zero-order valence-corrected chi connectivity index (χ0v) is 23.7. The first kappa shape index (κ1) is 25.1. The lowest BCUT2D eigenvalue weighted by Crippen LogP contribution is -2.41. The third kappa shape index (κ3) is 3.93. The van der Waals surface area contributed by atoms with E-state index in [1.54, 1.807) is 24.3 Å². The number of thioether (sulfide) groups is 1. The summed E-state index contributed by atoms with van der Waals surface area (Å²) < 4.78 is 2.28. The first-order valence-corrected chi connectivity index (χ1v) is 14.5. The molecule has 10 heteroatoms. The van der Waals surface area contributed by atoms with Crippen molar-refractivity contribution in [3.05, 3.63) is 85.7 Å². The van der Waals surface area contributed by atoms with Crippen molar-refractivity contribution in [1.29, 1.82) is 0 Å². The van der Waals surface area contributed by atoms with Crippen molar-refractivity contribution in [1.82, 2.24) is 4.57 Å². The average molecular weight is 609 g/mol. The fourth-order valence-electron chi connectivity index (χ4n) is 5.28. The van der Waals surface area contributed by atoms with E-state index in [0.717, 1.165) is 31.5 Å². The number of nitrogens with one attached hydrogen (secondary N) is 1. The highest BCUT2D eigenvalue weighted by Gasteiger charge is 2.59. The highest BCUT2D eigenvalue weighted by molar-refractivity contribution is 9.10. The van der Waals surface area contributed by atoms with Gasteiger partial charge in [0.15, 0.2) is 0 Å². The second-order valence-corrected chi connectivity index (χ2v) is 12.9. The number of hydrogen-bond donors (Lipinski definition) is 1. The molecule has 1 fully saturated rings. The van der Waals surface area contributed by atoms with Crippen LogP contribution in [0.15, 0.2) is 81.0 Å². The van der Waals surface area contributed by atoms with Gasteiger partial charge in [-0.15, -0.1) is 0 Å². The Bertz CT molecular complexity index is 1690. The number of amides is 3. The van der Waals surface area contributed by atoms with Gasteiger partial charge in [-0.1, -0.05) is 89.3 Å². The first-order chi connectivity index (χ1) is 18.2. The minimum absolute atomic E-state index is 0.188. The standard InChI is InChI=1S/C28H22BrN3O4S2/c1-28(2)21-22(25(35)32(24(21)34)17-12-10-16(29)11-13-17)37-26-23(28)38-27(36)31(26)14-20(33)30-19-9-5-7-15-6-3-4-8-18(15)19/h3-13,21-22H,14H2,1-2H3,(H,30,33)/t21-,22+/m1/s1.